The number of carboxylic acids is 1. The van der Waals surface area contributed by atoms with Crippen LogP contribution in [0.3, 0.4) is 0 Å². The van der Waals surface area contributed by atoms with Gasteiger partial charge in [0, 0.05) is 5.56 Å². The SMILES string of the molecule is Cc1cc(-c2cc(C(=O)O)[nH]n2)cc(C)c1OCc1ccccc1. The summed E-state index contributed by atoms with van der Waals surface area (Å²) < 4.78 is 5.97. The molecular formula is C19H18N2O3. The van der Waals surface area contributed by atoms with Gasteiger partial charge >= 0.3 is 5.97 Å². The zero-order chi connectivity index (χ0) is 17.1. The first-order valence-corrected chi connectivity index (χ1v) is 7.61. The number of benzene rings is 2. The van der Waals surface area contributed by atoms with Crippen LogP contribution in [0.1, 0.15) is 27.2 Å². The van der Waals surface area contributed by atoms with Gasteiger partial charge in [-0.05, 0) is 48.7 Å². The lowest BCUT2D eigenvalue weighted by atomic mass is 10.0. The molecule has 0 aliphatic carbocycles. The Bertz CT molecular complexity index is 846. The number of aryl methyl sites for hydroxylation is 2. The lowest BCUT2D eigenvalue weighted by Crippen LogP contribution is -1.99. The van der Waals surface area contributed by atoms with E-state index in [2.05, 4.69) is 10.2 Å². The number of carbonyl (C=O) groups is 1. The van der Waals surface area contributed by atoms with E-state index in [4.69, 9.17) is 9.84 Å². The molecule has 0 unspecified atom stereocenters. The number of ether oxygens (including phenoxy) is 1. The molecule has 2 N–H and O–H groups in total. The van der Waals surface area contributed by atoms with E-state index in [0.29, 0.717) is 12.3 Å². The van der Waals surface area contributed by atoms with Gasteiger partial charge in [-0.3, -0.25) is 5.10 Å². The first-order chi connectivity index (χ1) is 11.5. The highest BCUT2D eigenvalue weighted by molar-refractivity contribution is 5.86. The number of aromatic nitrogens is 2. The van der Waals surface area contributed by atoms with Crippen molar-refractivity contribution in [3.63, 3.8) is 0 Å². The Kier molecular flexibility index (Phi) is 4.33. The highest BCUT2D eigenvalue weighted by Crippen LogP contribution is 2.30. The Morgan fingerprint density at radius 2 is 1.79 bits per heavy atom. The van der Waals surface area contributed by atoms with Gasteiger partial charge in [0.2, 0.25) is 0 Å². The summed E-state index contributed by atoms with van der Waals surface area (Å²) in [4.78, 5) is 11.0. The highest BCUT2D eigenvalue weighted by Gasteiger charge is 2.12. The molecule has 0 saturated carbocycles. The van der Waals surface area contributed by atoms with Gasteiger partial charge in [-0.25, -0.2) is 4.79 Å². The number of aromatic carboxylic acids is 1. The van der Waals surface area contributed by atoms with Gasteiger partial charge in [0.15, 0.2) is 0 Å². The predicted molar refractivity (Wildman–Crippen MR) is 91.2 cm³/mol. The summed E-state index contributed by atoms with van der Waals surface area (Å²) in [6.45, 7) is 4.45. The molecule has 1 heterocycles. The third-order valence-corrected chi connectivity index (χ3v) is 3.79. The maximum absolute atomic E-state index is 11.0. The van der Waals surface area contributed by atoms with Gasteiger partial charge in [0.25, 0.3) is 0 Å². The van der Waals surface area contributed by atoms with Crippen molar-refractivity contribution in [2.24, 2.45) is 0 Å². The third-order valence-electron chi connectivity index (χ3n) is 3.79. The first kappa shape index (κ1) is 15.8. The van der Waals surface area contributed by atoms with Crippen LogP contribution >= 0.6 is 0 Å². The molecule has 0 radical (unpaired) electrons. The summed E-state index contributed by atoms with van der Waals surface area (Å²) in [5.41, 5.74) is 4.62. The fourth-order valence-corrected chi connectivity index (χ4v) is 2.63. The minimum Gasteiger partial charge on any atom is -0.488 e. The number of H-pyrrole nitrogens is 1. The minimum absolute atomic E-state index is 0.0738. The lowest BCUT2D eigenvalue weighted by Gasteiger charge is -2.13. The maximum Gasteiger partial charge on any atom is 0.353 e. The largest absolute Gasteiger partial charge is 0.488 e. The van der Waals surface area contributed by atoms with Crippen LogP contribution in [0.15, 0.2) is 48.5 Å². The van der Waals surface area contributed by atoms with Gasteiger partial charge in [-0.2, -0.15) is 5.10 Å². The molecule has 5 nitrogen and oxygen atoms in total. The number of hydrogen-bond donors (Lipinski definition) is 2. The van der Waals surface area contributed by atoms with Gasteiger partial charge in [0.05, 0.1) is 5.69 Å². The summed E-state index contributed by atoms with van der Waals surface area (Å²) >= 11 is 0. The second-order valence-corrected chi connectivity index (χ2v) is 5.69. The van der Waals surface area contributed by atoms with Crippen LogP contribution in [-0.2, 0) is 6.61 Å². The number of nitrogens with zero attached hydrogens (tertiary/aromatic N) is 1. The number of carboxylic acid groups (broad SMARTS) is 1. The van der Waals surface area contributed by atoms with Crippen LogP contribution in [0.25, 0.3) is 11.3 Å². The number of rotatable bonds is 5. The van der Waals surface area contributed by atoms with Crippen LogP contribution in [-0.4, -0.2) is 21.3 Å². The van der Waals surface area contributed by atoms with Crippen LogP contribution in [0.4, 0.5) is 0 Å². The molecule has 1 aromatic heterocycles. The van der Waals surface area contributed by atoms with Crippen LogP contribution < -0.4 is 4.74 Å². The molecule has 0 aliphatic heterocycles. The Labute approximate surface area is 139 Å². The zero-order valence-corrected chi connectivity index (χ0v) is 13.5. The molecule has 24 heavy (non-hydrogen) atoms. The third kappa shape index (κ3) is 3.30. The van der Waals surface area contributed by atoms with Crippen molar-refractivity contribution in [2.75, 3.05) is 0 Å². The Hall–Kier alpha value is -3.08. The van der Waals surface area contributed by atoms with Crippen LogP contribution in [0, 0.1) is 13.8 Å². The fraction of sp³-hybridized carbons (Fsp3) is 0.158. The molecule has 122 valence electrons. The molecule has 0 atom stereocenters. The van der Waals surface area contributed by atoms with Crippen molar-refractivity contribution < 1.29 is 14.6 Å². The molecule has 0 fully saturated rings. The van der Waals surface area contributed by atoms with E-state index < -0.39 is 5.97 Å². The molecule has 0 amide bonds. The van der Waals surface area contributed by atoms with Gasteiger partial charge in [-0.15, -0.1) is 0 Å². The van der Waals surface area contributed by atoms with E-state index in [1.54, 1.807) is 0 Å². The maximum atomic E-state index is 11.0. The molecule has 0 saturated heterocycles. The van der Waals surface area contributed by atoms with Crippen molar-refractivity contribution in [1.29, 1.82) is 0 Å². The monoisotopic (exact) mass is 322 g/mol. The highest BCUT2D eigenvalue weighted by atomic mass is 16.5. The second kappa shape index (κ2) is 6.58. The summed E-state index contributed by atoms with van der Waals surface area (Å²) in [6, 6.07) is 15.4. The molecule has 0 spiro atoms. The Morgan fingerprint density at radius 1 is 1.12 bits per heavy atom. The predicted octanol–water partition coefficient (Wildman–Crippen LogP) is 3.97. The Balaban J connectivity index is 1.84. The summed E-state index contributed by atoms with van der Waals surface area (Å²) in [5, 5.41) is 15.6. The lowest BCUT2D eigenvalue weighted by molar-refractivity contribution is 0.0690. The van der Waals surface area contributed by atoms with Crippen LogP contribution in [0.2, 0.25) is 0 Å². The zero-order valence-electron chi connectivity index (χ0n) is 13.5. The molecule has 3 rings (SSSR count). The summed E-state index contributed by atoms with van der Waals surface area (Å²) in [6.07, 6.45) is 0. The van der Waals surface area contributed by atoms with Gasteiger partial charge in [-0.1, -0.05) is 30.3 Å². The molecule has 5 heteroatoms. The van der Waals surface area contributed by atoms with E-state index in [0.717, 1.165) is 28.0 Å². The van der Waals surface area contributed by atoms with Gasteiger partial charge < -0.3 is 9.84 Å². The van der Waals surface area contributed by atoms with E-state index in [-0.39, 0.29) is 5.69 Å². The number of hydrogen-bond acceptors (Lipinski definition) is 3. The average molecular weight is 322 g/mol. The van der Waals surface area contributed by atoms with Crippen molar-refractivity contribution in [2.45, 2.75) is 20.5 Å². The smallest absolute Gasteiger partial charge is 0.353 e. The first-order valence-electron chi connectivity index (χ1n) is 7.61. The molecule has 0 aliphatic rings. The standard InChI is InChI=1S/C19H18N2O3/c1-12-8-15(16-10-17(19(22)23)21-20-16)9-13(2)18(12)24-11-14-6-4-3-5-7-14/h3-10H,11H2,1-2H3,(H,20,21)(H,22,23). The molecule has 2 aromatic carbocycles. The minimum atomic E-state index is -1.02. The van der Waals surface area contributed by atoms with Crippen molar-refractivity contribution in [1.82, 2.24) is 10.2 Å². The summed E-state index contributed by atoms with van der Waals surface area (Å²) in [7, 11) is 0. The number of nitrogens with one attached hydrogen (secondary N) is 1. The summed E-state index contributed by atoms with van der Waals surface area (Å²) in [5.74, 6) is -0.179. The number of aromatic amines is 1. The van der Waals surface area contributed by atoms with E-state index in [9.17, 15) is 4.79 Å². The average Bonchev–Trinajstić information content (AvgIpc) is 3.05. The van der Waals surface area contributed by atoms with Crippen molar-refractivity contribution in [3.8, 4) is 17.0 Å². The van der Waals surface area contributed by atoms with E-state index in [1.807, 2.05) is 56.3 Å². The van der Waals surface area contributed by atoms with Crippen LogP contribution in [0.5, 0.6) is 5.75 Å². The quantitative estimate of drug-likeness (QED) is 0.745. The van der Waals surface area contributed by atoms with Gasteiger partial charge in [0.1, 0.15) is 18.1 Å². The molecule has 3 aromatic rings. The fourth-order valence-electron chi connectivity index (χ4n) is 2.63. The van der Waals surface area contributed by atoms with Crippen molar-refractivity contribution in [3.05, 3.63) is 70.9 Å². The Morgan fingerprint density at radius 3 is 2.38 bits per heavy atom. The normalized spacial score (nSPS) is 10.6. The second-order valence-electron chi connectivity index (χ2n) is 5.69. The van der Waals surface area contributed by atoms with Crippen molar-refractivity contribution >= 4 is 5.97 Å². The topological polar surface area (TPSA) is 75.2 Å². The molecule has 0 bridgehead atoms. The molecular weight excluding hydrogens is 304 g/mol. The van der Waals surface area contributed by atoms with E-state index >= 15 is 0 Å². The van der Waals surface area contributed by atoms with E-state index in [1.165, 1.54) is 6.07 Å².